The Hall–Kier alpha value is -0.300. The predicted molar refractivity (Wildman–Crippen MR) is 155 cm³/mol. The number of hydrogen-bond donors (Lipinski definition) is 1. The minimum absolute atomic E-state index is 0.497. The van der Waals surface area contributed by atoms with E-state index >= 15 is 0 Å². The molecule has 0 aliphatic heterocycles. The van der Waals surface area contributed by atoms with E-state index in [1.54, 1.807) is 11.1 Å². The van der Waals surface area contributed by atoms with Gasteiger partial charge in [0.25, 0.3) is 0 Å². The first kappa shape index (κ1) is 31.7. The van der Waals surface area contributed by atoms with E-state index in [4.69, 9.17) is 0 Å². The standard InChI is InChI=1S/C33H65N/c1-14-16-30(22(5)6)32(24(9)10)33(27(13)21(3)4)34-26(12)17-18-28(15-2)20-29-19-25(11)31(29)23(7)8/h21-29,31,33-34H,14-20H2,1-13H3/b32-30-. The van der Waals surface area contributed by atoms with Gasteiger partial charge in [-0.3, -0.25) is 0 Å². The predicted octanol–water partition coefficient (Wildman–Crippen LogP) is 10.2. The molecule has 7 unspecified atom stereocenters. The average Bonchev–Trinajstić information content (AvgIpc) is 2.72. The zero-order chi connectivity index (χ0) is 26.2. The highest BCUT2D eigenvalue weighted by molar-refractivity contribution is 5.25. The van der Waals surface area contributed by atoms with Crippen molar-refractivity contribution in [3.8, 4) is 0 Å². The second-order valence-electron chi connectivity index (χ2n) is 13.6. The molecule has 0 amide bonds. The molecule has 34 heavy (non-hydrogen) atoms. The minimum Gasteiger partial charge on any atom is -0.307 e. The maximum absolute atomic E-state index is 4.21. The van der Waals surface area contributed by atoms with Crippen LogP contribution in [0.25, 0.3) is 0 Å². The molecule has 0 heterocycles. The Morgan fingerprint density at radius 2 is 1.47 bits per heavy atom. The van der Waals surface area contributed by atoms with Crippen molar-refractivity contribution >= 4 is 0 Å². The van der Waals surface area contributed by atoms with Crippen LogP contribution in [0.5, 0.6) is 0 Å². The van der Waals surface area contributed by atoms with Crippen molar-refractivity contribution in [2.45, 2.75) is 147 Å². The highest BCUT2D eigenvalue weighted by Gasteiger charge is 2.40. The Labute approximate surface area is 216 Å². The smallest absolute Gasteiger partial charge is 0.0315 e. The lowest BCUT2D eigenvalue weighted by molar-refractivity contribution is 0.0234. The van der Waals surface area contributed by atoms with Gasteiger partial charge in [0.15, 0.2) is 0 Å². The molecule has 202 valence electrons. The molecule has 0 bridgehead atoms. The van der Waals surface area contributed by atoms with E-state index in [0.717, 1.165) is 29.6 Å². The lowest BCUT2D eigenvalue weighted by Crippen LogP contribution is -2.45. The molecule has 0 aromatic heterocycles. The van der Waals surface area contributed by atoms with Gasteiger partial charge >= 0.3 is 0 Å². The molecule has 0 saturated heterocycles. The van der Waals surface area contributed by atoms with Crippen LogP contribution in [0.2, 0.25) is 0 Å². The van der Waals surface area contributed by atoms with E-state index in [0.29, 0.717) is 35.8 Å². The van der Waals surface area contributed by atoms with Crippen LogP contribution in [-0.4, -0.2) is 12.1 Å². The maximum atomic E-state index is 4.21. The van der Waals surface area contributed by atoms with E-state index in [1.807, 2.05) is 0 Å². The summed E-state index contributed by atoms with van der Waals surface area (Å²) in [7, 11) is 0. The zero-order valence-corrected chi connectivity index (χ0v) is 25.8. The zero-order valence-electron chi connectivity index (χ0n) is 25.8. The van der Waals surface area contributed by atoms with Crippen LogP contribution in [0.4, 0.5) is 0 Å². The minimum atomic E-state index is 0.497. The summed E-state index contributed by atoms with van der Waals surface area (Å²) in [5, 5.41) is 4.21. The molecule has 1 nitrogen and oxygen atoms in total. The third kappa shape index (κ3) is 8.97. The third-order valence-electron chi connectivity index (χ3n) is 9.45. The van der Waals surface area contributed by atoms with Crippen LogP contribution in [0.1, 0.15) is 135 Å². The van der Waals surface area contributed by atoms with Crippen molar-refractivity contribution < 1.29 is 0 Å². The maximum Gasteiger partial charge on any atom is 0.0315 e. The molecule has 1 rings (SSSR count). The van der Waals surface area contributed by atoms with Gasteiger partial charge < -0.3 is 5.32 Å². The summed E-state index contributed by atoms with van der Waals surface area (Å²) in [6, 6.07) is 1.07. The summed E-state index contributed by atoms with van der Waals surface area (Å²) in [6.45, 7) is 31.6. The summed E-state index contributed by atoms with van der Waals surface area (Å²) >= 11 is 0. The Morgan fingerprint density at radius 3 is 1.88 bits per heavy atom. The van der Waals surface area contributed by atoms with Crippen molar-refractivity contribution in [1.82, 2.24) is 5.32 Å². The fourth-order valence-electron chi connectivity index (χ4n) is 7.18. The monoisotopic (exact) mass is 476 g/mol. The van der Waals surface area contributed by atoms with Crippen molar-refractivity contribution in [2.75, 3.05) is 0 Å². The molecule has 7 atom stereocenters. The van der Waals surface area contributed by atoms with E-state index in [-0.39, 0.29) is 0 Å². The van der Waals surface area contributed by atoms with Crippen LogP contribution in [-0.2, 0) is 0 Å². The molecule has 0 aromatic carbocycles. The summed E-state index contributed by atoms with van der Waals surface area (Å²) in [5.74, 6) is 7.22. The van der Waals surface area contributed by atoms with Crippen molar-refractivity contribution in [2.24, 2.45) is 53.3 Å². The van der Waals surface area contributed by atoms with E-state index < -0.39 is 0 Å². The van der Waals surface area contributed by atoms with Gasteiger partial charge in [-0.2, -0.15) is 0 Å². The lowest BCUT2D eigenvalue weighted by Gasteiger charge is -2.47. The van der Waals surface area contributed by atoms with E-state index in [2.05, 4.69) is 95.3 Å². The summed E-state index contributed by atoms with van der Waals surface area (Å²) in [6.07, 6.45) is 9.47. The quantitative estimate of drug-likeness (QED) is 0.219. The van der Waals surface area contributed by atoms with Gasteiger partial charge in [-0.1, -0.05) is 107 Å². The first-order chi connectivity index (χ1) is 15.8. The molecular formula is C33H65N. The SMILES string of the molecule is CCC/C(=C(\C(C)C)C(NC(C)CCC(CC)CC1CC(C)C1C(C)C)C(C)C(C)C)C(C)C. The molecule has 1 aliphatic rings. The Bertz CT molecular complexity index is 579. The largest absolute Gasteiger partial charge is 0.307 e. The number of rotatable bonds is 16. The van der Waals surface area contributed by atoms with E-state index in [9.17, 15) is 0 Å². The van der Waals surface area contributed by atoms with Gasteiger partial charge in [0.1, 0.15) is 0 Å². The average molecular weight is 476 g/mol. The number of nitrogens with one attached hydrogen (secondary N) is 1. The molecule has 1 aliphatic carbocycles. The second-order valence-corrected chi connectivity index (χ2v) is 13.6. The summed E-state index contributed by atoms with van der Waals surface area (Å²) < 4.78 is 0. The molecule has 1 N–H and O–H groups in total. The molecule has 0 spiro atoms. The fourth-order valence-corrected chi connectivity index (χ4v) is 7.18. The van der Waals surface area contributed by atoms with Crippen molar-refractivity contribution in [3.63, 3.8) is 0 Å². The van der Waals surface area contributed by atoms with Crippen molar-refractivity contribution in [1.29, 1.82) is 0 Å². The van der Waals surface area contributed by atoms with Crippen LogP contribution in [0, 0.1) is 53.3 Å². The van der Waals surface area contributed by atoms with Gasteiger partial charge in [0.2, 0.25) is 0 Å². The molecule has 0 aromatic rings. The van der Waals surface area contributed by atoms with Crippen LogP contribution in [0.15, 0.2) is 11.1 Å². The van der Waals surface area contributed by atoms with Crippen molar-refractivity contribution in [3.05, 3.63) is 11.1 Å². The Balaban J connectivity index is 2.94. The van der Waals surface area contributed by atoms with Gasteiger partial charge in [-0.05, 0) is 92.3 Å². The molecule has 0 radical (unpaired) electrons. The normalized spacial score (nSPS) is 25.5. The van der Waals surface area contributed by atoms with Gasteiger partial charge in [-0.25, -0.2) is 0 Å². The highest BCUT2D eigenvalue weighted by atomic mass is 15.0. The Kier molecular flexibility index (Phi) is 14.1. The first-order valence-corrected chi connectivity index (χ1v) is 15.3. The summed E-state index contributed by atoms with van der Waals surface area (Å²) in [5.41, 5.74) is 3.44. The molecule has 1 heteroatoms. The van der Waals surface area contributed by atoms with Gasteiger partial charge in [0, 0.05) is 12.1 Å². The highest BCUT2D eigenvalue weighted by Crippen LogP contribution is 2.48. The molecule has 1 saturated carbocycles. The van der Waals surface area contributed by atoms with Gasteiger partial charge in [0.05, 0.1) is 0 Å². The third-order valence-corrected chi connectivity index (χ3v) is 9.45. The Morgan fingerprint density at radius 1 is 0.853 bits per heavy atom. The lowest BCUT2D eigenvalue weighted by atomic mass is 9.58. The van der Waals surface area contributed by atoms with Crippen LogP contribution < -0.4 is 5.32 Å². The summed E-state index contributed by atoms with van der Waals surface area (Å²) in [4.78, 5) is 0. The molecular weight excluding hydrogens is 410 g/mol. The topological polar surface area (TPSA) is 12.0 Å². The second kappa shape index (κ2) is 15.1. The van der Waals surface area contributed by atoms with E-state index in [1.165, 1.54) is 44.9 Å². The first-order valence-electron chi connectivity index (χ1n) is 15.3. The molecule has 1 fully saturated rings. The fraction of sp³-hybridized carbons (Fsp3) is 0.939. The number of allylic oxidation sites excluding steroid dienone is 1. The number of hydrogen-bond acceptors (Lipinski definition) is 1. The van der Waals surface area contributed by atoms with Crippen LogP contribution >= 0.6 is 0 Å². The van der Waals surface area contributed by atoms with Gasteiger partial charge in [-0.15, -0.1) is 0 Å². The van der Waals surface area contributed by atoms with Crippen LogP contribution in [0.3, 0.4) is 0 Å².